The van der Waals surface area contributed by atoms with E-state index in [1.165, 1.54) is 16.6 Å². The normalized spacial score (nSPS) is 11.1. The zero-order valence-corrected chi connectivity index (χ0v) is 12.8. The van der Waals surface area contributed by atoms with Gasteiger partial charge in [-0.3, -0.25) is 0 Å². The van der Waals surface area contributed by atoms with Crippen molar-refractivity contribution in [2.24, 2.45) is 0 Å². The predicted molar refractivity (Wildman–Crippen MR) is 81.3 cm³/mol. The molecule has 0 aliphatic rings. The van der Waals surface area contributed by atoms with E-state index < -0.39 is 0 Å². The number of halogens is 1. The van der Waals surface area contributed by atoms with E-state index in [0.717, 1.165) is 27.4 Å². The van der Waals surface area contributed by atoms with Crippen LogP contribution < -0.4 is 5.32 Å². The van der Waals surface area contributed by atoms with Gasteiger partial charge < -0.3 is 5.32 Å². The highest BCUT2D eigenvalue weighted by atomic mass is 35.5. The summed E-state index contributed by atoms with van der Waals surface area (Å²) in [6, 6.07) is 3.72. The van der Waals surface area contributed by atoms with Crippen molar-refractivity contribution in [1.82, 2.24) is 13.7 Å². The molecule has 0 fully saturated rings. The SMILES string of the molecule is Cc1nc(CNc2c(Cl)ccc3nsnc23)sc1C. The second-order valence-electron chi connectivity index (χ2n) is 4.16. The van der Waals surface area contributed by atoms with Crippen LogP contribution in [-0.4, -0.2) is 13.7 Å². The first-order valence-corrected chi connectivity index (χ1v) is 7.65. The quantitative estimate of drug-likeness (QED) is 0.793. The van der Waals surface area contributed by atoms with Gasteiger partial charge in [-0.15, -0.1) is 11.3 Å². The van der Waals surface area contributed by atoms with Gasteiger partial charge >= 0.3 is 0 Å². The molecule has 0 spiro atoms. The van der Waals surface area contributed by atoms with E-state index in [9.17, 15) is 0 Å². The van der Waals surface area contributed by atoms with Crippen molar-refractivity contribution in [2.45, 2.75) is 20.4 Å². The zero-order valence-electron chi connectivity index (χ0n) is 10.4. The summed E-state index contributed by atoms with van der Waals surface area (Å²) in [5, 5.41) is 5.02. The van der Waals surface area contributed by atoms with Crippen molar-refractivity contribution in [3.8, 4) is 0 Å². The maximum atomic E-state index is 6.22. The maximum Gasteiger partial charge on any atom is 0.129 e. The molecule has 0 amide bonds. The Morgan fingerprint density at radius 1 is 1.26 bits per heavy atom. The van der Waals surface area contributed by atoms with Gasteiger partial charge in [0.25, 0.3) is 0 Å². The van der Waals surface area contributed by atoms with Gasteiger partial charge in [-0.2, -0.15) is 8.75 Å². The summed E-state index contributed by atoms with van der Waals surface area (Å²) in [6.45, 7) is 4.75. The molecule has 2 heterocycles. The average molecular weight is 311 g/mol. The van der Waals surface area contributed by atoms with E-state index in [-0.39, 0.29) is 0 Å². The minimum Gasteiger partial charge on any atom is -0.375 e. The van der Waals surface area contributed by atoms with Crippen LogP contribution >= 0.6 is 34.7 Å². The molecule has 4 nitrogen and oxygen atoms in total. The number of hydrogen-bond acceptors (Lipinski definition) is 6. The second kappa shape index (κ2) is 5.03. The van der Waals surface area contributed by atoms with Crippen molar-refractivity contribution >= 4 is 51.4 Å². The third-order valence-electron chi connectivity index (χ3n) is 2.87. The lowest BCUT2D eigenvalue weighted by molar-refractivity contribution is 1.07. The summed E-state index contributed by atoms with van der Waals surface area (Å²) in [7, 11) is 0. The van der Waals surface area contributed by atoms with Gasteiger partial charge in [0.1, 0.15) is 16.0 Å². The van der Waals surface area contributed by atoms with Crippen LogP contribution in [0.25, 0.3) is 11.0 Å². The van der Waals surface area contributed by atoms with Crippen LogP contribution in [0.4, 0.5) is 5.69 Å². The monoisotopic (exact) mass is 310 g/mol. The molecule has 19 heavy (non-hydrogen) atoms. The van der Waals surface area contributed by atoms with Gasteiger partial charge in [0.2, 0.25) is 0 Å². The number of thiazole rings is 1. The average Bonchev–Trinajstić information content (AvgIpc) is 2.96. The number of nitrogens with zero attached hydrogens (tertiary/aromatic N) is 3. The van der Waals surface area contributed by atoms with Crippen molar-refractivity contribution in [2.75, 3.05) is 5.32 Å². The van der Waals surface area contributed by atoms with E-state index in [4.69, 9.17) is 11.6 Å². The van der Waals surface area contributed by atoms with Crippen molar-refractivity contribution in [3.05, 3.63) is 32.7 Å². The number of aromatic nitrogens is 3. The van der Waals surface area contributed by atoms with Crippen LogP contribution in [0.3, 0.4) is 0 Å². The first-order chi connectivity index (χ1) is 9.15. The highest BCUT2D eigenvalue weighted by molar-refractivity contribution is 7.11. The molecule has 0 bridgehead atoms. The van der Waals surface area contributed by atoms with Gasteiger partial charge in [0.15, 0.2) is 0 Å². The van der Waals surface area contributed by atoms with Gasteiger partial charge in [-0.25, -0.2) is 4.98 Å². The summed E-state index contributed by atoms with van der Waals surface area (Å²) >= 11 is 9.11. The Kier molecular flexibility index (Phi) is 3.38. The number of nitrogens with one attached hydrogen (secondary N) is 1. The lowest BCUT2D eigenvalue weighted by Crippen LogP contribution is -2.00. The molecule has 0 unspecified atom stereocenters. The standard InChI is InChI=1S/C12H11ClN4S2/c1-6-7(2)18-10(15-6)5-14-11-8(13)3-4-9-12(11)17-19-16-9/h3-4,14H,5H2,1-2H3. The van der Waals surface area contributed by atoms with Gasteiger partial charge in [-0.1, -0.05) is 11.6 Å². The lowest BCUT2D eigenvalue weighted by atomic mass is 10.2. The van der Waals surface area contributed by atoms with E-state index in [2.05, 4.69) is 26.0 Å². The molecule has 0 saturated heterocycles. The summed E-state index contributed by atoms with van der Waals surface area (Å²) < 4.78 is 8.49. The summed E-state index contributed by atoms with van der Waals surface area (Å²) in [5.41, 5.74) is 3.60. The van der Waals surface area contributed by atoms with Gasteiger partial charge in [0.05, 0.1) is 34.7 Å². The molecule has 7 heteroatoms. The number of fused-ring (bicyclic) bond motifs is 1. The molecule has 0 aliphatic carbocycles. The molecule has 0 radical (unpaired) electrons. The van der Waals surface area contributed by atoms with E-state index >= 15 is 0 Å². The summed E-state index contributed by atoms with van der Waals surface area (Å²) in [6.07, 6.45) is 0. The zero-order chi connectivity index (χ0) is 13.4. The summed E-state index contributed by atoms with van der Waals surface area (Å²) in [4.78, 5) is 5.75. The Labute approximate surface area is 123 Å². The van der Waals surface area contributed by atoms with Crippen molar-refractivity contribution in [3.63, 3.8) is 0 Å². The van der Waals surface area contributed by atoms with Crippen LogP contribution in [0.15, 0.2) is 12.1 Å². The fourth-order valence-electron chi connectivity index (χ4n) is 1.77. The smallest absolute Gasteiger partial charge is 0.129 e. The maximum absolute atomic E-state index is 6.22. The van der Waals surface area contributed by atoms with Gasteiger partial charge in [0, 0.05) is 4.88 Å². The number of rotatable bonds is 3. The first-order valence-electron chi connectivity index (χ1n) is 5.72. The highest BCUT2D eigenvalue weighted by Gasteiger charge is 2.11. The Morgan fingerprint density at radius 2 is 2.11 bits per heavy atom. The number of benzene rings is 1. The third-order valence-corrected chi connectivity index (χ3v) is 4.80. The second-order valence-corrected chi connectivity index (χ2v) is 6.38. The Hall–Kier alpha value is -1.24. The Morgan fingerprint density at radius 3 is 2.84 bits per heavy atom. The van der Waals surface area contributed by atoms with Crippen LogP contribution in [0, 0.1) is 13.8 Å². The van der Waals surface area contributed by atoms with Crippen LogP contribution in [0.1, 0.15) is 15.6 Å². The fourth-order valence-corrected chi connectivity index (χ4v) is 3.41. The van der Waals surface area contributed by atoms with E-state index in [1.54, 1.807) is 11.3 Å². The molecule has 0 aliphatic heterocycles. The molecule has 1 N–H and O–H groups in total. The molecule has 2 aromatic heterocycles. The highest BCUT2D eigenvalue weighted by Crippen LogP contribution is 2.30. The lowest BCUT2D eigenvalue weighted by Gasteiger charge is -2.06. The van der Waals surface area contributed by atoms with Gasteiger partial charge in [-0.05, 0) is 26.0 Å². The fraction of sp³-hybridized carbons (Fsp3) is 0.250. The molecule has 98 valence electrons. The number of anilines is 1. The molecule has 0 atom stereocenters. The first kappa shape index (κ1) is 12.8. The van der Waals surface area contributed by atoms with E-state index in [1.807, 2.05) is 19.1 Å². The van der Waals surface area contributed by atoms with Crippen LogP contribution in [-0.2, 0) is 6.54 Å². The molecular weight excluding hydrogens is 300 g/mol. The topological polar surface area (TPSA) is 50.7 Å². The number of aryl methyl sites for hydroxylation is 2. The minimum absolute atomic E-state index is 0.649. The molecule has 0 saturated carbocycles. The third kappa shape index (κ3) is 2.43. The molecule has 3 rings (SSSR count). The van der Waals surface area contributed by atoms with Crippen LogP contribution in [0.5, 0.6) is 0 Å². The minimum atomic E-state index is 0.649. The number of hydrogen-bond donors (Lipinski definition) is 1. The largest absolute Gasteiger partial charge is 0.375 e. The van der Waals surface area contributed by atoms with E-state index in [0.29, 0.717) is 11.6 Å². The summed E-state index contributed by atoms with van der Waals surface area (Å²) in [5.74, 6) is 0. The van der Waals surface area contributed by atoms with Crippen molar-refractivity contribution < 1.29 is 0 Å². The molecule has 1 aromatic carbocycles. The Balaban J connectivity index is 1.89. The Bertz CT molecular complexity index is 715. The molecular formula is C12H11ClN4S2. The van der Waals surface area contributed by atoms with Crippen LogP contribution in [0.2, 0.25) is 5.02 Å². The van der Waals surface area contributed by atoms with Crippen molar-refractivity contribution in [1.29, 1.82) is 0 Å². The molecule has 3 aromatic rings. The predicted octanol–water partition coefficient (Wildman–Crippen LogP) is 4.03.